The van der Waals surface area contributed by atoms with Gasteiger partial charge in [-0.25, -0.2) is 0 Å². The van der Waals surface area contributed by atoms with E-state index in [1.54, 1.807) is 0 Å². The summed E-state index contributed by atoms with van der Waals surface area (Å²) >= 11 is 0. The molecular weight excluding hydrogens is 252 g/mol. The van der Waals surface area contributed by atoms with Gasteiger partial charge in [-0.1, -0.05) is 26.7 Å². The Bertz CT molecular complexity index is 269. The summed E-state index contributed by atoms with van der Waals surface area (Å²) in [4.78, 5) is 13.9. The Morgan fingerprint density at radius 1 is 1.20 bits per heavy atom. The summed E-state index contributed by atoms with van der Waals surface area (Å²) < 4.78 is 0. The molecule has 0 bridgehead atoms. The van der Waals surface area contributed by atoms with Crippen LogP contribution in [0.3, 0.4) is 0 Å². The fraction of sp³-hybridized carbons (Fsp3) is 0.938. The highest BCUT2D eigenvalue weighted by Crippen LogP contribution is 2.19. The maximum atomic E-state index is 11.6. The molecule has 0 spiro atoms. The molecule has 4 nitrogen and oxygen atoms in total. The van der Waals surface area contributed by atoms with E-state index in [1.165, 1.54) is 19.3 Å². The number of aliphatic carboxylic acids is 1. The molecule has 0 heterocycles. The SMILES string of the molecule is CCCCCN(C)CCCC(CC)(NC(C)C)C(=O)O. The lowest BCUT2D eigenvalue weighted by Crippen LogP contribution is -2.54. The van der Waals surface area contributed by atoms with E-state index in [0.29, 0.717) is 12.8 Å². The lowest BCUT2D eigenvalue weighted by molar-refractivity contribution is -0.145. The van der Waals surface area contributed by atoms with Crippen molar-refractivity contribution in [1.82, 2.24) is 10.2 Å². The minimum absolute atomic E-state index is 0.188. The van der Waals surface area contributed by atoms with Crippen LogP contribution in [0.1, 0.15) is 66.2 Å². The van der Waals surface area contributed by atoms with Crippen molar-refractivity contribution in [3.63, 3.8) is 0 Å². The zero-order valence-corrected chi connectivity index (χ0v) is 14.0. The van der Waals surface area contributed by atoms with Gasteiger partial charge in [0.1, 0.15) is 5.54 Å². The maximum absolute atomic E-state index is 11.6. The van der Waals surface area contributed by atoms with Crippen LogP contribution in [-0.4, -0.2) is 47.7 Å². The van der Waals surface area contributed by atoms with Crippen LogP contribution in [0.5, 0.6) is 0 Å². The summed E-state index contributed by atoms with van der Waals surface area (Å²) in [6.07, 6.45) is 5.98. The van der Waals surface area contributed by atoms with Gasteiger partial charge in [0.05, 0.1) is 0 Å². The maximum Gasteiger partial charge on any atom is 0.323 e. The number of carboxylic acid groups (broad SMARTS) is 1. The molecule has 120 valence electrons. The average Bonchev–Trinajstić information content (AvgIpc) is 2.37. The third-order valence-corrected chi connectivity index (χ3v) is 3.86. The molecular formula is C16H34N2O2. The van der Waals surface area contributed by atoms with Gasteiger partial charge in [0, 0.05) is 6.04 Å². The van der Waals surface area contributed by atoms with E-state index in [-0.39, 0.29) is 6.04 Å². The second kappa shape index (κ2) is 10.2. The van der Waals surface area contributed by atoms with Gasteiger partial charge in [-0.05, 0) is 59.7 Å². The normalized spacial score (nSPS) is 14.8. The molecule has 20 heavy (non-hydrogen) atoms. The van der Waals surface area contributed by atoms with Crippen molar-refractivity contribution >= 4 is 5.97 Å². The molecule has 1 unspecified atom stereocenters. The third-order valence-electron chi connectivity index (χ3n) is 3.86. The van der Waals surface area contributed by atoms with E-state index in [2.05, 4.69) is 24.2 Å². The van der Waals surface area contributed by atoms with E-state index in [1.807, 2.05) is 20.8 Å². The smallest absolute Gasteiger partial charge is 0.323 e. The molecule has 0 amide bonds. The molecule has 0 aliphatic heterocycles. The van der Waals surface area contributed by atoms with Crippen molar-refractivity contribution < 1.29 is 9.90 Å². The molecule has 0 saturated carbocycles. The lowest BCUT2D eigenvalue weighted by atomic mass is 9.89. The van der Waals surface area contributed by atoms with Gasteiger partial charge in [0.2, 0.25) is 0 Å². The van der Waals surface area contributed by atoms with E-state index < -0.39 is 11.5 Å². The number of hydrogen-bond acceptors (Lipinski definition) is 3. The van der Waals surface area contributed by atoms with Crippen LogP contribution in [-0.2, 0) is 4.79 Å². The second-order valence-electron chi connectivity index (χ2n) is 6.15. The summed E-state index contributed by atoms with van der Waals surface area (Å²) in [6, 6.07) is 0.188. The molecule has 4 heteroatoms. The summed E-state index contributed by atoms with van der Waals surface area (Å²) in [5.41, 5.74) is -0.765. The molecule has 0 aliphatic carbocycles. The number of hydrogen-bond donors (Lipinski definition) is 2. The van der Waals surface area contributed by atoms with Gasteiger partial charge in [-0.3, -0.25) is 10.1 Å². The number of nitrogens with zero attached hydrogens (tertiary/aromatic N) is 1. The lowest BCUT2D eigenvalue weighted by Gasteiger charge is -2.32. The standard InChI is InChI=1S/C16H34N2O2/c1-6-8-9-12-18(5)13-10-11-16(7-2,15(19)20)17-14(3)4/h14,17H,6-13H2,1-5H3,(H,19,20). The molecule has 0 aromatic heterocycles. The van der Waals surface area contributed by atoms with Gasteiger partial charge in [-0.15, -0.1) is 0 Å². The highest BCUT2D eigenvalue weighted by Gasteiger charge is 2.36. The monoisotopic (exact) mass is 286 g/mol. The fourth-order valence-corrected chi connectivity index (χ4v) is 2.62. The van der Waals surface area contributed by atoms with Crippen LogP contribution in [0.2, 0.25) is 0 Å². The van der Waals surface area contributed by atoms with Crippen LogP contribution in [0.25, 0.3) is 0 Å². The van der Waals surface area contributed by atoms with Gasteiger partial charge in [0.25, 0.3) is 0 Å². The molecule has 2 N–H and O–H groups in total. The molecule has 1 atom stereocenters. The van der Waals surface area contributed by atoms with Crippen molar-refractivity contribution in [2.75, 3.05) is 20.1 Å². The number of carboxylic acids is 1. The van der Waals surface area contributed by atoms with Crippen LogP contribution >= 0.6 is 0 Å². The van der Waals surface area contributed by atoms with Crippen LogP contribution < -0.4 is 5.32 Å². The highest BCUT2D eigenvalue weighted by atomic mass is 16.4. The quantitative estimate of drug-likeness (QED) is 0.541. The fourth-order valence-electron chi connectivity index (χ4n) is 2.62. The van der Waals surface area contributed by atoms with E-state index in [9.17, 15) is 9.90 Å². The summed E-state index contributed by atoms with van der Waals surface area (Å²) in [7, 11) is 2.12. The van der Waals surface area contributed by atoms with E-state index in [4.69, 9.17) is 0 Å². The van der Waals surface area contributed by atoms with Crippen molar-refractivity contribution in [1.29, 1.82) is 0 Å². The third kappa shape index (κ3) is 7.25. The predicted molar refractivity (Wildman–Crippen MR) is 85.2 cm³/mol. The van der Waals surface area contributed by atoms with Gasteiger partial charge < -0.3 is 10.0 Å². The first kappa shape index (κ1) is 19.4. The zero-order valence-electron chi connectivity index (χ0n) is 14.0. The van der Waals surface area contributed by atoms with Crippen LogP contribution in [0.15, 0.2) is 0 Å². The molecule has 0 aliphatic rings. The first-order valence-electron chi connectivity index (χ1n) is 8.07. The van der Waals surface area contributed by atoms with E-state index >= 15 is 0 Å². The van der Waals surface area contributed by atoms with Crippen molar-refractivity contribution in [2.45, 2.75) is 77.8 Å². The minimum Gasteiger partial charge on any atom is -0.480 e. The molecule has 0 fully saturated rings. The molecule has 0 aromatic rings. The van der Waals surface area contributed by atoms with Crippen LogP contribution in [0, 0.1) is 0 Å². The number of carbonyl (C=O) groups is 1. The van der Waals surface area contributed by atoms with Crippen molar-refractivity contribution in [3.8, 4) is 0 Å². The Morgan fingerprint density at radius 2 is 1.80 bits per heavy atom. The number of nitrogens with one attached hydrogen (secondary N) is 1. The molecule has 0 saturated heterocycles. The molecule has 0 aromatic carbocycles. The van der Waals surface area contributed by atoms with E-state index in [0.717, 1.165) is 19.5 Å². The molecule has 0 rings (SSSR count). The molecule has 0 radical (unpaired) electrons. The number of unbranched alkanes of at least 4 members (excludes halogenated alkanes) is 2. The first-order valence-corrected chi connectivity index (χ1v) is 8.07. The highest BCUT2D eigenvalue weighted by molar-refractivity contribution is 5.78. The van der Waals surface area contributed by atoms with Crippen molar-refractivity contribution in [2.24, 2.45) is 0 Å². The summed E-state index contributed by atoms with van der Waals surface area (Å²) in [5, 5.41) is 12.8. The second-order valence-corrected chi connectivity index (χ2v) is 6.15. The average molecular weight is 286 g/mol. The van der Waals surface area contributed by atoms with Gasteiger partial charge in [0.15, 0.2) is 0 Å². The summed E-state index contributed by atoms with van der Waals surface area (Å²) in [6.45, 7) is 10.2. The Kier molecular flexibility index (Phi) is 9.86. The minimum atomic E-state index is -0.765. The predicted octanol–water partition coefficient (Wildman–Crippen LogP) is 3.12. The first-order chi connectivity index (χ1) is 9.38. The van der Waals surface area contributed by atoms with Gasteiger partial charge in [-0.2, -0.15) is 0 Å². The van der Waals surface area contributed by atoms with Crippen molar-refractivity contribution in [3.05, 3.63) is 0 Å². The largest absolute Gasteiger partial charge is 0.480 e. The van der Waals surface area contributed by atoms with Gasteiger partial charge >= 0.3 is 5.97 Å². The topological polar surface area (TPSA) is 52.6 Å². The van der Waals surface area contributed by atoms with Crippen LogP contribution in [0.4, 0.5) is 0 Å². The number of rotatable bonds is 12. The summed E-state index contributed by atoms with van der Waals surface area (Å²) in [5.74, 6) is -0.720. The zero-order chi connectivity index (χ0) is 15.6. The Morgan fingerprint density at radius 3 is 2.25 bits per heavy atom. The Balaban J connectivity index is 4.23. The Hall–Kier alpha value is -0.610. The Labute approximate surface area is 124 Å².